The van der Waals surface area contributed by atoms with Gasteiger partial charge < -0.3 is 5.73 Å². The lowest BCUT2D eigenvalue weighted by Crippen LogP contribution is -2.52. The molecule has 13 heavy (non-hydrogen) atoms. The van der Waals surface area contributed by atoms with Crippen LogP contribution >= 0.6 is 0 Å². The summed E-state index contributed by atoms with van der Waals surface area (Å²) in [5.41, 5.74) is 5.21. The summed E-state index contributed by atoms with van der Waals surface area (Å²) in [5.74, 6) is 1.34. The first-order valence-electron chi connectivity index (χ1n) is 5.45. The Hall–Kier alpha value is -0.110. The first kappa shape index (κ1) is 9.45. The molecule has 5 atom stereocenters. The van der Waals surface area contributed by atoms with Crippen LogP contribution in [0.3, 0.4) is 0 Å². The number of fused-ring (bicyclic) bond motifs is 2. The maximum atomic E-state index is 14.2. The normalized spacial score (nSPS) is 56.3. The molecule has 2 aliphatic carbocycles. The van der Waals surface area contributed by atoms with Crippen LogP contribution in [0.1, 0.15) is 39.5 Å². The first-order valence-corrected chi connectivity index (χ1v) is 5.45. The second-order valence-corrected chi connectivity index (χ2v) is 5.42. The smallest absolute Gasteiger partial charge is 0.112 e. The maximum absolute atomic E-state index is 14.2. The van der Waals surface area contributed by atoms with Gasteiger partial charge in [0.25, 0.3) is 0 Å². The van der Waals surface area contributed by atoms with Crippen molar-refractivity contribution < 1.29 is 4.39 Å². The van der Waals surface area contributed by atoms with Gasteiger partial charge in [-0.05, 0) is 43.4 Å². The minimum absolute atomic E-state index is 0.242. The van der Waals surface area contributed by atoms with E-state index in [1.807, 2.05) is 0 Å². The molecule has 0 spiro atoms. The predicted molar refractivity (Wildman–Crippen MR) is 52.1 cm³/mol. The van der Waals surface area contributed by atoms with Gasteiger partial charge in [-0.1, -0.05) is 13.8 Å². The van der Waals surface area contributed by atoms with E-state index in [4.69, 9.17) is 5.73 Å². The third kappa shape index (κ3) is 1.61. The van der Waals surface area contributed by atoms with Gasteiger partial charge in [0.2, 0.25) is 0 Å². The van der Waals surface area contributed by atoms with E-state index < -0.39 is 5.67 Å². The van der Waals surface area contributed by atoms with Crippen LogP contribution in [0, 0.1) is 17.8 Å². The number of nitrogens with two attached hydrogens (primary N) is 1. The number of alkyl halides is 1. The van der Waals surface area contributed by atoms with E-state index in [1.54, 1.807) is 0 Å². The standard InChI is InChI=1S/C11H20FN/c1-7-3-9-6-11(12,4-7)5-8(2)10(9)13/h7-10H,3-6,13H2,1-2H3. The van der Waals surface area contributed by atoms with E-state index in [0.717, 1.165) is 19.3 Å². The Kier molecular flexibility index (Phi) is 2.14. The lowest BCUT2D eigenvalue weighted by molar-refractivity contribution is -0.0258. The third-order valence-electron chi connectivity index (χ3n) is 3.94. The van der Waals surface area contributed by atoms with Crippen molar-refractivity contribution in [1.29, 1.82) is 0 Å². The van der Waals surface area contributed by atoms with Gasteiger partial charge in [-0.3, -0.25) is 0 Å². The van der Waals surface area contributed by atoms with Gasteiger partial charge in [-0.2, -0.15) is 0 Å². The molecule has 2 fully saturated rings. The molecule has 76 valence electrons. The molecular weight excluding hydrogens is 165 g/mol. The molecule has 0 aromatic carbocycles. The molecular formula is C11H20FN. The highest BCUT2D eigenvalue weighted by molar-refractivity contribution is 5.00. The molecule has 1 nitrogen and oxygen atoms in total. The fourth-order valence-electron chi connectivity index (χ4n) is 3.50. The van der Waals surface area contributed by atoms with Gasteiger partial charge >= 0.3 is 0 Å². The fraction of sp³-hybridized carbons (Fsp3) is 1.00. The van der Waals surface area contributed by atoms with Gasteiger partial charge in [0.05, 0.1) is 0 Å². The van der Waals surface area contributed by atoms with E-state index in [0.29, 0.717) is 24.2 Å². The molecule has 0 aromatic rings. The zero-order chi connectivity index (χ0) is 9.64. The second-order valence-electron chi connectivity index (χ2n) is 5.42. The van der Waals surface area contributed by atoms with Crippen LogP contribution in [0.5, 0.6) is 0 Å². The van der Waals surface area contributed by atoms with Crippen LogP contribution in [-0.4, -0.2) is 11.7 Å². The van der Waals surface area contributed by atoms with E-state index in [1.165, 1.54) is 0 Å². The summed E-state index contributed by atoms with van der Waals surface area (Å²) < 4.78 is 14.2. The Morgan fingerprint density at radius 3 is 2.62 bits per heavy atom. The number of rotatable bonds is 0. The zero-order valence-corrected chi connectivity index (χ0v) is 8.59. The first-order chi connectivity index (χ1) is 6.00. The largest absolute Gasteiger partial charge is 0.327 e. The van der Waals surface area contributed by atoms with E-state index >= 15 is 0 Å². The average molecular weight is 185 g/mol. The molecule has 0 aromatic heterocycles. The van der Waals surface area contributed by atoms with Crippen LogP contribution in [0.15, 0.2) is 0 Å². The number of halogens is 1. The van der Waals surface area contributed by atoms with Gasteiger partial charge in [-0.15, -0.1) is 0 Å². The molecule has 0 aliphatic heterocycles. The summed E-state index contributed by atoms with van der Waals surface area (Å²) >= 11 is 0. The number of hydrogen-bond donors (Lipinski definition) is 1. The van der Waals surface area contributed by atoms with Crippen molar-refractivity contribution in [2.45, 2.75) is 51.2 Å². The Labute approximate surface area is 79.9 Å². The Balaban J connectivity index is 2.17. The summed E-state index contributed by atoms with van der Waals surface area (Å²) in [5, 5.41) is 0. The highest BCUT2D eigenvalue weighted by atomic mass is 19.1. The predicted octanol–water partition coefficient (Wildman–Crippen LogP) is 2.50. The van der Waals surface area contributed by atoms with E-state index in [-0.39, 0.29) is 6.04 Å². The molecule has 0 amide bonds. The van der Waals surface area contributed by atoms with Gasteiger partial charge in [0.1, 0.15) is 5.67 Å². The topological polar surface area (TPSA) is 26.0 Å². The van der Waals surface area contributed by atoms with Crippen LogP contribution in [0.25, 0.3) is 0 Å². The molecule has 2 rings (SSSR count). The van der Waals surface area contributed by atoms with Crippen LogP contribution in [0.2, 0.25) is 0 Å². The van der Waals surface area contributed by atoms with Crippen molar-refractivity contribution >= 4 is 0 Å². The Morgan fingerprint density at radius 1 is 1.23 bits per heavy atom. The lowest BCUT2D eigenvalue weighted by Gasteiger charge is -2.48. The van der Waals surface area contributed by atoms with Crippen LogP contribution in [0.4, 0.5) is 4.39 Å². The highest BCUT2D eigenvalue weighted by Crippen LogP contribution is 2.48. The minimum atomic E-state index is -0.877. The molecule has 2 saturated carbocycles. The van der Waals surface area contributed by atoms with E-state index in [9.17, 15) is 4.39 Å². The SMILES string of the molecule is CC1CC2CC(F)(C1)CC(C)C2N. The molecule has 2 aliphatic rings. The van der Waals surface area contributed by atoms with Crippen molar-refractivity contribution in [2.75, 3.05) is 0 Å². The van der Waals surface area contributed by atoms with Crippen molar-refractivity contribution in [1.82, 2.24) is 0 Å². The second kappa shape index (κ2) is 2.94. The minimum Gasteiger partial charge on any atom is -0.327 e. The molecule has 0 saturated heterocycles. The van der Waals surface area contributed by atoms with Crippen LogP contribution < -0.4 is 5.73 Å². The summed E-state index contributed by atoms with van der Waals surface area (Å²) in [6, 6.07) is 0.242. The molecule has 0 radical (unpaired) electrons. The maximum Gasteiger partial charge on any atom is 0.112 e. The zero-order valence-electron chi connectivity index (χ0n) is 8.59. The number of hydrogen-bond acceptors (Lipinski definition) is 1. The molecule has 0 heterocycles. The molecule has 2 heteroatoms. The highest BCUT2D eigenvalue weighted by Gasteiger charge is 2.47. The fourth-order valence-corrected chi connectivity index (χ4v) is 3.50. The van der Waals surface area contributed by atoms with E-state index in [2.05, 4.69) is 13.8 Å². The van der Waals surface area contributed by atoms with Crippen molar-refractivity contribution in [3.8, 4) is 0 Å². The summed E-state index contributed by atoms with van der Waals surface area (Å²) in [7, 11) is 0. The third-order valence-corrected chi connectivity index (χ3v) is 3.94. The van der Waals surface area contributed by atoms with Gasteiger partial charge in [-0.25, -0.2) is 4.39 Å². The quantitative estimate of drug-likeness (QED) is 0.616. The van der Waals surface area contributed by atoms with Crippen LogP contribution in [-0.2, 0) is 0 Å². The van der Waals surface area contributed by atoms with Crippen molar-refractivity contribution in [2.24, 2.45) is 23.5 Å². The molecule has 2 bridgehead atoms. The summed E-state index contributed by atoms with van der Waals surface area (Å²) in [4.78, 5) is 0. The van der Waals surface area contributed by atoms with Gasteiger partial charge in [0, 0.05) is 6.04 Å². The van der Waals surface area contributed by atoms with Crippen molar-refractivity contribution in [3.63, 3.8) is 0 Å². The lowest BCUT2D eigenvalue weighted by atomic mass is 9.62. The monoisotopic (exact) mass is 185 g/mol. The average Bonchev–Trinajstić information content (AvgIpc) is 1.98. The summed E-state index contributed by atoms with van der Waals surface area (Å²) in [6.07, 6.45) is 3.32. The summed E-state index contributed by atoms with van der Waals surface area (Å²) in [6.45, 7) is 4.25. The Bertz CT molecular complexity index is 202. The molecule has 2 N–H and O–H groups in total. The Morgan fingerprint density at radius 2 is 1.92 bits per heavy atom. The van der Waals surface area contributed by atoms with Crippen molar-refractivity contribution in [3.05, 3.63) is 0 Å². The molecule has 5 unspecified atom stereocenters. The van der Waals surface area contributed by atoms with Gasteiger partial charge in [0.15, 0.2) is 0 Å².